The lowest BCUT2D eigenvalue weighted by Gasteiger charge is -2.08. The number of aryl methyl sites for hydroxylation is 1. The van der Waals surface area contributed by atoms with Gasteiger partial charge in [0.2, 0.25) is 0 Å². The summed E-state index contributed by atoms with van der Waals surface area (Å²) in [5, 5.41) is 4.19. The molecule has 0 atom stereocenters. The molecule has 1 N–H and O–H groups in total. The van der Waals surface area contributed by atoms with Crippen molar-refractivity contribution in [2.45, 2.75) is 6.42 Å². The van der Waals surface area contributed by atoms with Gasteiger partial charge in [0, 0.05) is 15.5 Å². The Balaban J connectivity index is 2.13. The quantitative estimate of drug-likeness (QED) is 0.673. The van der Waals surface area contributed by atoms with Crippen LogP contribution in [0.2, 0.25) is 5.02 Å². The molecule has 20 heavy (non-hydrogen) atoms. The number of carbonyl (C=O) groups is 1. The Hall–Kier alpha value is -0.840. The van der Waals surface area contributed by atoms with Crippen molar-refractivity contribution in [3.63, 3.8) is 0 Å². The van der Waals surface area contributed by atoms with Crippen LogP contribution < -0.4 is 5.32 Å². The molecule has 0 saturated carbocycles. The highest BCUT2D eigenvalue weighted by molar-refractivity contribution is 9.10. The average Bonchev–Trinajstić information content (AvgIpc) is 2.44. The summed E-state index contributed by atoms with van der Waals surface area (Å²) in [5.74, 6) is -0.218. The normalized spacial score (nSPS) is 10.3. The molecular weight excluding hydrogens is 405 g/mol. The van der Waals surface area contributed by atoms with Crippen LogP contribution in [0.15, 0.2) is 46.9 Å². The summed E-state index contributed by atoms with van der Waals surface area (Å²) in [6.45, 7) is 0. The first-order chi connectivity index (χ1) is 9.60. The molecule has 0 aliphatic rings. The minimum atomic E-state index is -0.218. The van der Waals surface area contributed by atoms with E-state index in [2.05, 4.69) is 37.2 Å². The number of anilines is 1. The van der Waals surface area contributed by atoms with Crippen molar-refractivity contribution in [1.29, 1.82) is 0 Å². The van der Waals surface area contributed by atoms with Gasteiger partial charge in [0.15, 0.2) is 0 Å². The summed E-state index contributed by atoms with van der Waals surface area (Å²) in [6, 6.07) is 13.0. The average molecular weight is 418 g/mol. The molecule has 104 valence electrons. The van der Waals surface area contributed by atoms with E-state index < -0.39 is 0 Å². The fourth-order valence-corrected chi connectivity index (χ4v) is 2.76. The Morgan fingerprint density at radius 1 is 1.15 bits per heavy atom. The molecule has 2 aromatic rings. The highest BCUT2D eigenvalue weighted by Gasteiger charge is 2.11. The zero-order valence-corrected chi connectivity index (χ0v) is 14.4. The standard InChI is InChI=1S/C15H12Br2ClNO/c16-8-7-10-1-4-12(5-2-10)19-15(20)13-9-11(17)3-6-14(13)18/h1-6,9H,7-8H2,(H,19,20). The molecule has 2 aromatic carbocycles. The summed E-state index contributed by atoms with van der Waals surface area (Å²) >= 11 is 12.8. The molecule has 0 heterocycles. The lowest BCUT2D eigenvalue weighted by molar-refractivity contribution is 0.102. The number of benzene rings is 2. The van der Waals surface area contributed by atoms with Gasteiger partial charge >= 0.3 is 0 Å². The second-order valence-electron chi connectivity index (χ2n) is 4.21. The highest BCUT2D eigenvalue weighted by Crippen LogP contribution is 2.22. The maximum Gasteiger partial charge on any atom is 0.257 e. The summed E-state index contributed by atoms with van der Waals surface area (Å²) in [4.78, 5) is 12.2. The van der Waals surface area contributed by atoms with Gasteiger partial charge in [-0.05, 0) is 42.3 Å². The highest BCUT2D eigenvalue weighted by atomic mass is 79.9. The van der Waals surface area contributed by atoms with Crippen LogP contribution in [-0.4, -0.2) is 11.2 Å². The first-order valence-electron chi connectivity index (χ1n) is 6.01. The van der Waals surface area contributed by atoms with Crippen LogP contribution in [0, 0.1) is 0 Å². The van der Waals surface area contributed by atoms with Crippen molar-refractivity contribution in [3.8, 4) is 0 Å². The number of alkyl halides is 1. The van der Waals surface area contributed by atoms with E-state index in [-0.39, 0.29) is 5.91 Å². The van der Waals surface area contributed by atoms with Gasteiger partial charge in [-0.25, -0.2) is 0 Å². The smallest absolute Gasteiger partial charge is 0.257 e. The van der Waals surface area contributed by atoms with E-state index >= 15 is 0 Å². The van der Waals surface area contributed by atoms with E-state index in [9.17, 15) is 4.79 Å². The molecule has 1 amide bonds. The first kappa shape index (κ1) is 15.5. The number of rotatable bonds is 4. The molecule has 0 aliphatic carbocycles. The van der Waals surface area contributed by atoms with Gasteiger partial charge < -0.3 is 5.32 Å². The van der Waals surface area contributed by atoms with E-state index in [0.29, 0.717) is 10.6 Å². The Labute approximate surface area is 139 Å². The summed E-state index contributed by atoms with van der Waals surface area (Å²) < 4.78 is 0.819. The van der Waals surface area contributed by atoms with Crippen LogP contribution in [0.1, 0.15) is 15.9 Å². The number of halogens is 3. The van der Waals surface area contributed by atoms with E-state index in [0.717, 1.165) is 21.9 Å². The van der Waals surface area contributed by atoms with Crippen molar-refractivity contribution in [3.05, 3.63) is 63.1 Å². The van der Waals surface area contributed by atoms with Crippen molar-refractivity contribution < 1.29 is 4.79 Å². The third kappa shape index (κ3) is 4.08. The minimum Gasteiger partial charge on any atom is -0.322 e. The molecule has 0 unspecified atom stereocenters. The summed E-state index contributed by atoms with van der Waals surface area (Å²) in [6.07, 6.45) is 0.964. The van der Waals surface area contributed by atoms with Gasteiger partial charge in [-0.1, -0.05) is 55.6 Å². The third-order valence-electron chi connectivity index (χ3n) is 2.77. The van der Waals surface area contributed by atoms with E-state index in [1.54, 1.807) is 18.2 Å². The Morgan fingerprint density at radius 3 is 2.50 bits per heavy atom. The molecule has 0 radical (unpaired) electrons. The van der Waals surface area contributed by atoms with E-state index in [1.165, 1.54) is 5.56 Å². The van der Waals surface area contributed by atoms with Crippen molar-refractivity contribution in [2.24, 2.45) is 0 Å². The predicted octanol–water partition coefficient (Wildman–Crippen LogP) is 5.29. The second kappa shape index (κ2) is 7.25. The number of hydrogen-bond donors (Lipinski definition) is 1. The van der Waals surface area contributed by atoms with Crippen LogP contribution in [0.25, 0.3) is 0 Å². The maximum absolute atomic E-state index is 12.2. The topological polar surface area (TPSA) is 29.1 Å². The number of amides is 1. The first-order valence-corrected chi connectivity index (χ1v) is 8.30. The lowest BCUT2D eigenvalue weighted by atomic mass is 10.1. The van der Waals surface area contributed by atoms with Crippen LogP contribution in [-0.2, 0) is 6.42 Å². The molecule has 5 heteroatoms. The third-order valence-corrected chi connectivity index (χ3v) is 3.99. The van der Waals surface area contributed by atoms with Crippen LogP contribution >= 0.6 is 43.5 Å². The maximum atomic E-state index is 12.2. The molecule has 0 aromatic heterocycles. The zero-order valence-electron chi connectivity index (χ0n) is 10.5. The van der Waals surface area contributed by atoms with Gasteiger partial charge in [-0.3, -0.25) is 4.79 Å². The second-order valence-corrected chi connectivity index (χ2v) is 6.33. The molecule has 0 saturated heterocycles. The number of carbonyl (C=O) groups excluding carboxylic acids is 1. The molecule has 2 rings (SSSR count). The Morgan fingerprint density at radius 2 is 1.85 bits per heavy atom. The van der Waals surface area contributed by atoms with Crippen molar-refractivity contribution in [2.75, 3.05) is 10.6 Å². The SMILES string of the molecule is O=C(Nc1ccc(CCBr)cc1)c1cc(Br)ccc1Cl. The fraction of sp³-hybridized carbons (Fsp3) is 0.133. The molecule has 0 bridgehead atoms. The van der Waals surface area contributed by atoms with Crippen molar-refractivity contribution in [1.82, 2.24) is 0 Å². The van der Waals surface area contributed by atoms with Gasteiger partial charge in [-0.15, -0.1) is 0 Å². The van der Waals surface area contributed by atoms with Gasteiger partial charge in [0.05, 0.1) is 10.6 Å². The lowest BCUT2D eigenvalue weighted by Crippen LogP contribution is -2.12. The molecule has 0 fully saturated rings. The van der Waals surface area contributed by atoms with Gasteiger partial charge in [-0.2, -0.15) is 0 Å². The Kier molecular flexibility index (Phi) is 5.64. The largest absolute Gasteiger partial charge is 0.322 e. The number of hydrogen-bond acceptors (Lipinski definition) is 1. The molecular formula is C15H12Br2ClNO. The molecule has 0 spiro atoms. The van der Waals surface area contributed by atoms with Crippen LogP contribution in [0.3, 0.4) is 0 Å². The van der Waals surface area contributed by atoms with Crippen molar-refractivity contribution >= 4 is 55.1 Å². The van der Waals surface area contributed by atoms with Crippen LogP contribution in [0.5, 0.6) is 0 Å². The van der Waals surface area contributed by atoms with Crippen LogP contribution in [0.4, 0.5) is 5.69 Å². The van der Waals surface area contributed by atoms with E-state index in [4.69, 9.17) is 11.6 Å². The minimum absolute atomic E-state index is 0.218. The summed E-state index contributed by atoms with van der Waals surface area (Å²) in [7, 11) is 0. The molecule has 2 nitrogen and oxygen atoms in total. The van der Waals surface area contributed by atoms with Gasteiger partial charge in [0.1, 0.15) is 0 Å². The fourth-order valence-electron chi connectivity index (χ4n) is 1.73. The summed E-state index contributed by atoms with van der Waals surface area (Å²) in [5.41, 5.74) is 2.43. The number of nitrogens with one attached hydrogen (secondary N) is 1. The Bertz CT molecular complexity index is 614. The zero-order chi connectivity index (χ0) is 14.5. The van der Waals surface area contributed by atoms with Gasteiger partial charge in [0.25, 0.3) is 5.91 Å². The monoisotopic (exact) mass is 415 g/mol. The molecule has 0 aliphatic heterocycles. The predicted molar refractivity (Wildman–Crippen MR) is 91.0 cm³/mol. The van der Waals surface area contributed by atoms with E-state index in [1.807, 2.05) is 24.3 Å².